The van der Waals surface area contributed by atoms with Crippen LogP contribution in [0, 0.1) is 5.41 Å². The summed E-state index contributed by atoms with van der Waals surface area (Å²) in [6, 6.07) is 4.76. The van der Waals surface area contributed by atoms with Gasteiger partial charge < -0.3 is 16.0 Å². The largest absolute Gasteiger partial charge is 0.418 e. The van der Waals surface area contributed by atoms with Gasteiger partial charge in [-0.15, -0.1) is 12.4 Å². The maximum atomic E-state index is 13.0. The summed E-state index contributed by atoms with van der Waals surface area (Å²) in [5.74, 6) is -0.860. The van der Waals surface area contributed by atoms with Crippen molar-refractivity contribution in [2.24, 2.45) is 11.1 Å². The van der Waals surface area contributed by atoms with Gasteiger partial charge in [-0.25, -0.2) is 0 Å². The molecule has 1 aliphatic rings. The summed E-state index contributed by atoms with van der Waals surface area (Å²) in [6.45, 7) is 1.92. The maximum absolute atomic E-state index is 13.0. The summed E-state index contributed by atoms with van der Waals surface area (Å²) in [6.07, 6.45) is -1.40. The molecule has 2 amide bonds. The van der Waals surface area contributed by atoms with Crippen LogP contribution in [0.1, 0.15) is 38.2 Å². The van der Waals surface area contributed by atoms with Crippen LogP contribution in [0.15, 0.2) is 24.3 Å². The van der Waals surface area contributed by atoms with Crippen molar-refractivity contribution in [2.75, 3.05) is 25.0 Å². The number of likely N-dealkylation sites (N-methyl/N-ethyl adjacent to an activating group) is 1. The SMILES string of the molecule is CCN(CC(=O)Nc1ccccc1C(F)(F)F)C(=O)C1(CN)CCCC1.Cl. The molecule has 0 atom stereocenters. The second-order valence-electron chi connectivity index (χ2n) is 6.60. The lowest BCUT2D eigenvalue weighted by molar-refractivity contribution is -0.143. The second kappa shape index (κ2) is 9.41. The van der Waals surface area contributed by atoms with Crippen LogP contribution in [-0.4, -0.2) is 36.3 Å². The fraction of sp³-hybridized carbons (Fsp3) is 0.556. The third kappa shape index (κ3) is 5.35. The highest BCUT2D eigenvalue weighted by atomic mass is 35.5. The monoisotopic (exact) mass is 407 g/mol. The lowest BCUT2D eigenvalue weighted by Crippen LogP contribution is -2.49. The summed E-state index contributed by atoms with van der Waals surface area (Å²) in [5, 5.41) is 2.27. The average Bonchev–Trinajstić information content (AvgIpc) is 3.09. The molecule has 9 heteroatoms. The number of hydrogen-bond acceptors (Lipinski definition) is 3. The number of nitrogens with two attached hydrogens (primary N) is 1. The van der Waals surface area contributed by atoms with Crippen LogP contribution in [0.3, 0.4) is 0 Å². The Morgan fingerprint density at radius 3 is 2.33 bits per heavy atom. The molecule has 0 aromatic heterocycles. The fourth-order valence-electron chi connectivity index (χ4n) is 3.42. The van der Waals surface area contributed by atoms with Crippen LogP contribution in [0.25, 0.3) is 0 Å². The van der Waals surface area contributed by atoms with Crippen LogP contribution >= 0.6 is 12.4 Å². The number of hydrogen-bond donors (Lipinski definition) is 2. The topological polar surface area (TPSA) is 75.4 Å². The number of carbonyl (C=O) groups excluding carboxylic acids is 2. The molecule has 0 unspecified atom stereocenters. The molecule has 1 fully saturated rings. The van der Waals surface area contributed by atoms with Crippen LogP contribution in [0.4, 0.5) is 18.9 Å². The summed E-state index contributed by atoms with van der Waals surface area (Å²) < 4.78 is 39.1. The number of benzene rings is 1. The van der Waals surface area contributed by atoms with E-state index in [0.29, 0.717) is 12.8 Å². The molecule has 0 bridgehead atoms. The van der Waals surface area contributed by atoms with Gasteiger partial charge in [-0.3, -0.25) is 9.59 Å². The number of nitrogens with zero attached hydrogens (tertiary/aromatic N) is 1. The van der Waals surface area contributed by atoms with Gasteiger partial charge in [-0.05, 0) is 31.9 Å². The molecule has 1 aliphatic carbocycles. The zero-order chi connectivity index (χ0) is 19.4. The number of anilines is 1. The number of carbonyl (C=O) groups is 2. The Labute approximate surface area is 162 Å². The Morgan fingerprint density at radius 1 is 1.22 bits per heavy atom. The summed E-state index contributed by atoms with van der Waals surface area (Å²) in [7, 11) is 0. The van der Waals surface area contributed by atoms with Crippen molar-refractivity contribution in [2.45, 2.75) is 38.8 Å². The number of nitrogens with one attached hydrogen (secondary N) is 1. The Morgan fingerprint density at radius 2 is 1.81 bits per heavy atom. The third-order valence-corrected chi connectivity index (χ3v) is 4.92. The highest BCUT2D eigenvalue weighted by Gasteiger charge is 2.42. The van der Waals surface area contributed by atoms with E-state index in [1.807, 2.05) is 0 Å². The minimum atomic E-state index is -4.57. The first-order chi connectivity index (χ1) is 12.2. The molecule has 0 aliphatic heterocycles. The minimum absolute atomic E-state index is 0. The second-order valence-corrected chi connectivity index (χ2v) is 6.60. The maximum Gasteiger partial charge on any atom is 0.418 e. The average molecular weight is 408 g/mol. The molecular weight excluding hydrogens is 383 g/mol. The van der Waals surface area contributed by atoms with Gasteiger partial charge in [-0.1, -0.05) is 25.0 Å². The summed E-state index contributed by atoms with van der Waals surface area (Å²) >= 11 is 0. The zero-order valence-corrected chi connectivity index (χ0v) is 16.0. The smallest absolute Gasteiger partial charge is 0.333 e. The Bertz CT molecular complexity index is 661. The van der Waals surface area contributed by atoms with Gasteiger partial charge in [0.1, 0.15) is 0 Å². The summed E-state index contributed by atoms with van der Waals surface area (Å²) in [4.78, 5) is 26.5. The Hall–Kier alpha value is -1.80. The Kier molecular flexibility index (Phi) is 8.10. The predicted octanol–water partition coefficient (Wildman–Crippen LogP) is 3.43. The van der Waals surface area contributed by atoms with Crippen molar-refractivity contribution in [1.82, 2.24) is 4.90 Å². The van der Waals surface area contributed by atoms with Crippen LogP contribution in [0.2, 0.25) is 0 Å². The van der Waals surface area contributed by atoms with E-state index in [2.05, 4.69) is 5.32 Å². The molecule has 1 aromatic carbocycles. The molecule has 0 saturated heterocycles. The molecule has 0 heterocycles. The van der Waals surface area contributed by atoms with E-state index in [-0.39, 0.29) is 43.6 Å². The van der Waals surface area contributed by atoms with Crippen LogP contribution in [-0.2, 0) is 15.8 Å². The van der Waals surface area contributed by atoms with Gasteiger partial charge >= 0.3 is 6.18 Å². The fourth-order valence-corrected chi connectivity index (χ4v) is 3.42. The molecule has 2 rings (SSSR count). The van der Waals surface area contributed by atoms with Crippen molar-refractivity contribution in [3.63, 3.8) is 0 Å². The Balaban J connectivity index is 0.00000364. The van der Waals surface area contributed by atoms with Gasteiger partial charge in [-0.2, -0.15) is 13.2 Å². The molecule has 1 aromatic rings. The highest BCUT2D eigenvalue weighted by Crippen LogP contribution is 2.39. The molecule has 0 spiro atoms. The number of para-hydroxylation sites is 1. The normalized spacial score (nSPS) is 15.7. The van der Waals surface area contributed by atoms with E-state index >= 15 is 0 Å². The van der Waals surface area contributed by atoms with Crippen LogP contribution in [0.5, 0.6) is 0 Å². The van der Waals surface area contributed by atoms with Gasteiger partial charge in [0, 0.05) is 13.1 Å². The summed E-state index contributed by atoms with van der Waals surface area (Å²) in [5.41, 5.74) is 3.92. The zero-order valence-electron chi connectivity index (χ0n) is 15.1. The third-order valence-electron chi connectivity index (χ3n) is 4.92. The van der Waals surface area contributed by atoms with Crippen molar-refractivity contribution in [3.8, 4) is 0 Å². The number of amides is 2. The quantitative estimate of drug-likeness (QED) is 0.758. The minimum Gasteiger partial charge on any atom is -0.333 e. The van der Waals surface area contributed by atoms with E-state index in [1.54, 1.807) is 6.92 Å². The van der Waals surface area contributed by atoms with Crippen molar-refractivity contribution in [1.29, 1.82) is 0 Å². The molecule has 5 nitrogen and oxygen atoms in total. The molecule has 0 radical (unpaired) electrons. The first kappa shape index (κ1) is 23.2. The molecule has 3 N–H and O–H groups in total. The predicted molar refractivity (Wildman–Crippen MR) is 99.5 cm³/mol. The first-order valence-electron chi connectivity index (χ1n) is 8.69. The van der Waals surface area contributed by atoms with Gasteiger partial charge in [0.2, 0.25) is 11.8 Å². The van der Waals surface area contributed by atoms with Crippen molar-refractivity contribution < 1.29 is 22.8 Å². The van der Waals surface area contributed by atoms with Crippen molar-refractivity contribution in [3.05, 3.63) is 29.8 Å². The number of halogens is 4. The first-order valence-corrected chi connectivity index (χ1v) is 8.69. The van der Waals surface area contributed by atoms with E-state index in [0.717, 1.165) is 18.9 Å². The van der Waals surface area contributed by atoms with E-state index in [1.165, 1.54) is 23.1 Å². The molecular formula is C18H25ClF3N3O2. The van der Waals surface area contributed by atoms with Crippen LogP contribution < -0.4 is 11.1 Å². The van der Waals surface area contributed by atoms with Gasteiger partial charge in [0.05, 0.1) is 23.2 Å². The van der Waals surface area contributed by atoms with E-state index < -0.39 is 23.1 Å². The standard InChI is InChI=1S/C18H24F3N3O2.ClH/c1-2-24(16(26)17(12-22)9-5-6-10-17)11-15(25)23-14-8-4-3-7-13(14)18(19,20)21;/h3-4,7-8H,2,5-6,9-12,22H2,1H3,(H,23,25);1H. The van der Waals surface area contributed by atoms with Gasteiger partial charge in [0.25, 0.3) is 0 Å². The van der Waals surface area contributed by atoms with E-state index in [9.17, 15) is 22.8 Å². The van der Waals surface area contributed by atoms with Gasteiger partial charge in [0.15, 0.2) is 0 Å². The molecule has 152 valence electrons. The lowest BCUT2D eigenvalue weighted by Gasteiger charge is -2.32. The highest BCUT2D eigenvalue weighted by molar-refractivity contribution is 5.96. The van der Waals surface area contributed by atoms with E-state index in [4.69, 9.17) is 5.73 Å². The molecule has 27 heavy (non-hydrogen) atoms. The number of alkyl halides is 3. The lowest BCUT2D eigenvalue weighted by atomic mass is 9.84. The number of rotatable bonds is 6. The van der Waals surface area contributed by atoms with Crippen molar-refractivity contribution >= 4 is 29.9 Å². The molecule has 1 saturated carbocycles.